The highest BCUT2D eigenvalue weighted by Crippen LogP contribution is 2.38. The standard InChI is InChI=1S/C16H14N4O5/c1-18-13-7-6-10(19(22)23)8-12(13)16(17-9-15(18)21)11-4-2-3-5-14(11)20(24)25/h2-8,16-17H,9H2,1H3. The molecule has 25 heavy (non-hydrogen) atoms. The fourth-order valence-corrected chi connectivity index (χ4v) is 2.92. The summed E-state index contributed by atoms with van der Waals surface area (Å²) in [5.74, 6) is -0.240. The Morgan fingerprint density at radius 1 is 1.08 bits per heavy atom. The van der Waals surface area contributed by atoms with Crippen molar-refractivity contribution in [2.24, 2.45) is 0 Å². The number of nitro benzene ring substituents is 2. The molecule has 0 radical (unpaired) electrons. The molecule has 1 unspecified atom stereocenters. The number of rotatable bonds is 3. The van der Waals surface area contributed by atoms with E-state index >= 15 is 0 Å². The molecular weight excluding hydrogens is 328 g/mol. The highest BCUT2D eigenvalue weighted by Gasteiger charge is 2.31. The largest absolute Gasteiger partial charge is 0.314 e. The topological polar surface area (TPSA) is 119 Å². The van der Waals surface area contributed by atoms with Crippen LogP contribution in [0.25, 0.3) is 0 Å². The number of anilines is 1. The lowest BCUT2D eigenvalue weighted by atomic mass is 9.95. The molecule has 9 heteroatoms. The molecule has 0 bridgehead atoms. The Hall–Kier alpha value is -3.33. The molecule has 1 amide bonds. The minimum absolute atomic E-state index is 0.0459. The second-order valence-corrected chi connectivity index (χ2v) is 5.58. The van der Waals surface area contributed by atoms with Gasteiger partial charge in [-0.05, 0) is 6.07 Å². The first-order chi connectivity index (χ1) is 11.9. The zero-order valence-electron chi connectivity index (χ0n) is 13.2. The number of non-ortho nitro benzene ring substituents is 1. The van der Waals surface area contributed by atoms with Crippen LogP contribution >= 0.6 is 0 Å². The highest BCUT2D eigenvalue weighted by molar-refractivity contribution is 5.96. The number of likely N-dealkylation sites (N-methyl/N-ethyl adjacent to an activating group) is 1. The third-order valence-corrected chi connectivity index (χ3v) is 4.17. The zero-order chi connectivity index (χ0) is 18.1. The van der Waals surface area contributed by atoms with E-state index in [0.717, 1.165) is 0 Å². The molecule has 128 valence electrons. The van der Waals surface area contributed by atoms with Crippen molar-refractivity contribution in [3.8, 4) is 0 Å². The summed E-state index contributed by atoms with van der Waals surface area (Å²) in [4.78, 5) is 35.0. The first kappa shape index (κ1) is 16.5. The summed E-state index contributed by atoms with van der Waals surface area (Å²) in [5.41, 5.74) is 0.999. The summed E-state index contributed by atoms with van der Waals surface area (Å²) in [6, 6.07) is 9.56. The number of para-hydroxylation sites is 1. The van der Waals surface area contributed by atoms with Gasteiger partial charge in [0.05, 0.1) is 28.0 Å². The van der Waals surface area contributed by atoms with E-state index in [9.17, 15) is 25.0 Å². The molecule has 0 fully saturated rings. The normalized spacial score (nSPS) is 16.9. The summed E-state index contributed by atoms with van der Waals surface area (Å²) < 4.78 is 0. The number of nitrogens with zero attached hydrogens (tertiary/aromatic N) is 3. The van der Waals surface area contributed by atoms with Crippen LogP contribution in [0.3, 0.4) is 0 Å². The maximum Gasteiger partial charge on any atom is 0.274 e. The molecule has 1 N–H and O–H groups in total. The van der Waals surface area contributed by atoms with Crippen LogP contribution in [0, 0.1) is 20.2 Å². The molecule has 1 atom stereocenters. The predicted molar refractivity (Wildman–Crippen MR) is 89.4 cm³/mol. The van der Waals surface area contributed by atoms with Crippen LogP contribution in [0.1, 0.15) is 17.2 Å². The van der Waals surface area contributed by atoms with Crippen molar-refractivity contribution < 1.29 is 14.6 Å². The summed E-state index contributed by atoms with van der Waals surface area (Å²) in [6.07, 6.45) is 0. The van der Waals surface area contributed by atoms with E-state index in [-0.39, 0.29) is 23.8 Å². The molecular formula is C16H14N4O5. The van der Waals surface area contributed by atoms with Crippen molar-refractivity contribution >= 4 is 23.0 Å². The van der Waals surface area contributed by atoms with Crippen molar-refractivity contribution in [2.45, 2.75) is 6.04 Å². The minimum Gasteiger partial charge on any atom is -0.314 e. The first-order valence-electron chi connectivity index (χ1n) is 7.41. The van der Waals surface area contributed by atoms with E-state index in [1.54, 1.807) is 25.2 Å². The quantitative estimate of drug-likeness (QED) is 0.674. The van der Waals surface area contributed by atoms with Crippen LogP contribution in [0.15, 0.2) is 42.5 Å². The number of benzene rings is 2. The predicted octanol–water partition coefficient (Wildman–Crippen LogP) is 2.16. The number of hydrogen-bond acceptors (Lipinski definition) is 6. The second kappa shape index (κ2) is 6.29. The van der Waals surface area contributed by atoms with E-state index < -0.39 is 15.9 Å². The van der Waals surface area contributed by atoms with Crippen molar-refractivity contribution in [1.29, 1.82) is 0 Å². The number of carbonyl (C=O) groups is 1. The second-order valence-electron chi connectivity index (χ2n) is 5.58. The number of nitrogens with one attached hydrogen (secondary N) is 1. The molecule has 0 spiro atoms. The molecule has 2 aromatic carbocycles. The Bertz CT molecular complexity index is 883. The van der Waals surface area contributed by atoms with E-state index in [1.807, 2.05) is 0 Å². The van der Waals surface area contributed by atoms with E-state index in [1.165, 1.54) is 29.2 Å². The van der Waals surface area contributed by atoms with Crippen molar-refractivity contribution in [3.05, 3.63) is 73.8 Å². The van der Waals surface area contributed by atoms with Gasteiger partial charge >= 0.3 is 0 Å². The first-order valence-corrected chi connectivity index (χ1v) is 7.41. The number of amides is 1. The van der Waals surface area contributed by atoms with Gasteiger partial charge in [-0.15, -0.1) is 0 Å². The zero-order valence-corrected chi connectivity index (χ0v) is 13.2. The molecule has 3 rings (SSSR count). The minimum atomic E-state index is -0.717. The third-order valence-electron chi connectivity index (χ3n) is 4.17. The lowest BCUT2D eigenvalue weighted by Gasteiger charge is -2.20. The van der Waals surface area contributed by atoms with Crippen LogP contribution in [0.4, 0.5) is 17.1 Å². The molecule has 2 aromatic rings. The average Bonchev–Trinajstić information content (AvgIpc) is 2.72. The Morgan fingerprint density at radius 3 is 2.48 bits per heavy atom. The Balaban J connectivity index is 2.24. The number of carbonyl (C=O) groups excluding carboxylic acids is 1. The molecule has 1 aliphatic rings. The van der Waals surface area contributed by atoms with Gasteiger partial charge in [0.15, 0.2) is 0 Å². The Morgan fingerprint density at radius 2 is 1.80 bits per heavy atom. The van der Waals surface area contributed by atoms with Crippen molar-refractivity contribution in [3.63, 3.8) is 0 Å². The molecule has 0 saturated carbocycles. The molecule has 0 aromatic heterocycles. The van der Waals surface area contributed by atoms with Crippen molar-refractivity contribution in [1.82, 2.24) is 5.32 Å². The summed E-state index contributed by atoms with van der Waals surface area (Å²) in [5, 5.41) is 25.5. The number of fused-ring (bicyclic) bond motifs is 1. The van der Waals surface area contributed by atoms with Gasteiger partial charge in [0, 0.05) is 36.5 Å². The van der Waals surface area contributed by atoms with Gasteiger partial charge < -0.3 is 4.90 Å². The van der Waals surface area contributed by atoms with Gasteiger partial charge in [-0.1, -0.05) is 18.2 Å². The summed E-state index contributed by atoms with van der Waals surface area (Å²) in [7, 11) is 1.57. The smallest absolute Gasteiger partial charge is 0.274 e. The van der Waals surface area contributed by atoms with Crippen LogP contribution < -0.4 is 10.2 Å². The summed E-state index contributed by atoms with van der Waals surface area (Å²) in [6.45, 7) is -0.0459. The molecule has 1 heterocycles. The number of nitro groups is 2. The van der Waals surface area contributed by atoms with Crippen LogP contribution in [-0.4, -0.2) is 29.3 Å². The monoisotopic (exact) mass is 342 g/mol. The van der Waals surface area contributed by atoms with Gasteiger partial charge in [-0.2, -0.15) is 0 Å². The number of hydrogen-bond donors (Lipinski definition) is 1. The fraction of sp³-hybridized carbons (Fsp3) is 0.188. The van der Waals surface area contributed by atoms with Gasteiger partial charge in [0.25, 0.3) is 11.4 Å². The lowest BCUT2D eigenvalue weighted by molar-refractivity contribution is -0.385. The molecule has 1 aliphatic heterocycles. The maximum absolute atomic E-state index is 12.2. The van der Waals surface area contributed by atoms with Gasteiger partial charge in [-0.3, -0.25) is 30.3 Å². The third kappa shape index (κ3) is 2.92. The van der Waals surface area contributed by atoms with Crippen molar-refractivity contribution in [2.75, 3.05) is 18.5 Å². The van der Waals surface area contributed by atoms with Gasteiger partial charge in [-0.25, -0.2) is 0 Å². The van der Waals surface area contributed by atoms with E-state index in [2.05, 4.69) is 5.32 Å². The molecule has 0 aliphatic carbocycles. The molecule has 9 nitrogen and oxygen atoms in total. The average molecular weight is 342 g/mol. The van der Waals surface area contributed by atoms with E-state index in [0.29, 0.717) is 16.8 Å². The Kier molecular flexibility index (Phi) is 4.15. The lowest BCUT2D eigenvalue weighted by Crippen LogP contribution is -2.33. The van der Waals surface area contributed by atoms with Crippen LogP contribution in [0.5, 0.6) is 0 Å². The maximum atomic E-state index is 12.2. The van der Waals surface area contributed by atoms with Crippen LogP contribution in [-0.2, 0) is 4.79 Å². The summed E-state index contributed by atoms with van der Waals surface area (Å²) >= 11 is 0. The highest BCUT2D eigenvalue weighted by atomic mass is 16.6. The van der Waals surface area contributed by atoms with Gasteiger partial charge in [0.1, 0.15) is 0 Å². The SMILES string of the molecule is CN1C(=O)CNC(c2ccccc2[N+](=O)[O-])c2cc([N+](=O)[O-])ccc21. The van der Waals surface area contributed by atoms with E-state index in [4.69, 9.17) is 0 Å². The fourth-order valence-electron chi connectivity index (χ4n) is 2.92. The van der Waals surface area contributed by atoms with Crippen LogP contribution in [0.2, 0.25) is 0 Å². The molecule has 0 saturated heterocycles. The Labute approximate surface area is 142 Å². The van der Waals surface area contributed by atoms with Gasteiger partial charge in [0.2, 0.25) is 5.91 Å².